The predicted octanol–water partition coefficient (Wildman–Crippen LogP) is 1.90. The number of aryl methyl sites for hydroxylation is 1. The largest absolute Gasteiger partial charge is 0.338 e. The molecule has 0 aromatic carbocycles. The second-order valence-corrected chi connectivity index (χ2v) is 8.08. The molecule has 4 rings (SSSR count). The van der Waals surface area contributed by atoms with Crippen molar-refractivity contribution in [3.8, 4) is 0 Å². The van der Waals surface area contributed by atoms with Gasteiger partial charge in [-0.15, -0.1) is 5.10 Å². The van der Waals surface area contributed by atoms with Gasteiger partial charge in [-0.25, -0.2) is 0 Å². The van der Waals surface area contributed by atoms with Gasteiger partial charge in [0.15, 0.2) is 5.69 Å². The highest BCUT2D eigenvalue weighted by atomic mass is 32.1. The zero-order chi connectivity index (χ0) is 18.1. The third-order valence-electron chi connectivity index (χ3n) is 5.42. The van der Waals surface area contributed by atoms with Crippen molar-refractivity contribution in [2.75, 3.05) is 19.6 Å². The van der Waals surface area contributed by atoms with Crippen molar-refractivity contribution in [3.63, 3.8) is 0 Å². The molecule has 8 heteroatoms. The van der Waals surface area contributed by atoms with Crippen LogP contribution in [0.25, 0.3) is 0 Å². The maximum absolute atomic E-state index is 13.1. The Balaban J connectivity index is 1.49. The van der Waals surface area contributed by atoms with Crippen LogP contribution in [0, 0.1) is 12.3 Å². The number of carbonyl (C=O) groups is 2. The Morgan fingerprint density at radius 2 is 2.23 bits per heavy atom. The van der Waals surface area contributed by atoms with Gasteiger partial charge >= 0.3 is 0 Å². The first-order chi connectivity index (χ1) is 12.6. The summed E-state index contributed by atoms with van der Waals surface area (Å²) in [5.41, 5.74) is 1.00. The molecule has 1 spiro atoms. The summed E-state index contributed by atoms with van der Waals surface area (Å²) in [6.45, 7) is 4.32. The highest BCUT2D eigenvalue weighted by Crippen LogP contribution is 2.41. The average Bonchev–Trinajstić information content (AvgIpc) is 3.21. The van der Waals surface area contributed by atoms with E-state index in [1.165, 1.54) is 11.5 Å². The van der Waals surface area contributed by atoms with Gasteiger partial charge in [0.05, 0.1) is 10.3 Å². The van der Waals surface area contributed by atoms with E-state index in [0.717, 1.165) is 36.2 Å². The molecule has 1 atom stereocenters. The quantitative estimate of drug-likeness (QED) is 0.823. The fourth-order valence-electron chi connectivity index (χ4n) is 4.02. The molecule has 0 bridgehead atoms. The van der Waals surface area contributed by atoms with Gasteiger partial charge in [0.2, 0.25) is 5.91 Å². The summed E-state index contributed by atoms with van der Waals surface area (Å²) in [5.74, 6) is 0.0563. The molecule has 0 radical (unpaired) electrons. The minimum absolute atomic E-state index is 0.103. The van der Waals surface area contributed by atoms with Crippen molar-refractivity contribution >= 4 is 23.3 Å². The van der Waals surface area contributed by atoms with Crippen LogP contribution in [0.5, 0.6) is 0 Å². The summed E-state index contributed by atoms with van der Waals surface area (Å²) in [6.07, 6.45) is 6.01. The zero-order valence-electron chi connectivity index (χ0n) is 14.7. The Labute approximate surface area is 156 Å². The number of pyridine rings is 1. The second-order valence-electron chi connectivity index (χ2n) is 7.13. The number of likely N-dealkylation sites (tertiary alicyclic amines) is 2. The lowest BCUT2D eigenvalue weighted by Gasteiger charge is -2.38. The van der Waals surface area contributed by atoms with Crippen LogP contribution in [0.3, 0.4) is 0 Å². The number of rotatable bonds is 3. The second kappa shape index (κ2) is 6.75. The minimum atomic E-state index is -0.451. The van der Waals surface area contributed by atoms with Crippen molar-refractivity contribution in [1.29, 1.82) is 0 Å². The van der Waals surface area contributed by atoms with Crippen LogP contribution in [0.4, 0.5) is 0 Å². The summed E-state index contributed by atoms with van der Waals surface area (Å²) in [6, 6.07) is 3.87. The van der Waals surface area contributed by atoms with Crippen molar-refractivity contribution < 1.29 is 9.59 Å². The Bertz CT molecular complexity index is 824. The number of aromatic nitrogens is 3. The van der Waals surface area contributed by atoms with E-state index in [9.17, 15) is 9.59 Å². The van der Waals surface area contributed by atoms with Gasteiger partial charge in [-0.3, -0.25) is 14.6 Å². The van der Waals surface area contributed by atoms with Crippen LogP contribution in [0.2, 0.25) is 0 Å². The molecule has 0 unspecified atom stereocenters. The van der Waals surface area contributed by atoms with Crippen LogP contribution < -0.4 is 0 Å². The maximum atomic E-state index is 13.1. The van der Waals surface area contributed by atoms with E-state index >= 15 is 0 Å². The van der Waals surface area contributed by atoms with Crippen LogP contribution in [-0.4, -0.2) is 55.8 Å². The van der Waals surface area contributed by atoms with Gasteiger partial charge in [-0.2, -0.15) is 0 Å². The van der Waals surface area contributed by atoms with E-state index in [0.29, 0.717) is 25.3 Å². The Hall–Kier alpha value is -2.35. The molecule has 0 N–H and O–H groups in total. The zero-order valence-corrected chi connectivity index (χ0v) is 15.5. The van der Waals surface area contributed by atoms with Gasteiger partial charge < -0.3 is 9.80 Å². The van der Waals surface area contributed by atoms with Crippen molar-refractivity contribution in [2.24, 2.45) is 5.41 Å². The molecule has 136 valence electrons. The number of hydrogen-bond acceptors (Lipinski definition) is 6. The molecule has 4 heterocycles. The van der Waals surface area contributed by atoms with E-state index < -0.39 is 5.41 Å². The molecule has 0 aliphatic carbocycles. The molecule has 2 aliphatic heterocycles. The molecule has 2 amide bonds. The lowest BCUT2D eigenvalue weighted by molar-refractivity contribution is -0.138. The summed E-state index contributed by atoms with van der Waals surface area (Å²) >= 11 is 1.23. The van der Waals surface area contributed by atoms with Crippen LogP contribution >= 0.6 is 11.5 Å². The maximum Gasteiger partial charge on any atom is 0.275 e. The number of hydrogen-bond donors (Lipinski definition) is 0. The van der Waals surface area contributed by atoms with Crippen LogP contribution in [-0.2, 0) is 11.3 Å². The van der Waals surface area contributed by atoms with Crippen LogP contribution in [0.15, 0.2) is 24.5 Å². The number of amides is 2. The van der Waals surface area contributed by atoms with E-state index in [1.54, 1.807) is 17.3 Å². The van der Waals surface area contributed by atoms with Crippen molar-refractivity contribution in [2.45, 2.75) is 32.7 Å². The standard InChI is InChI=1S/C18H21N5O2S/c1-13-15(20-21-26-13)16(24)23-8-3-5-18(12-23)6-9-22(17(18)25)11-14-4-2-7-19-10-14/h2,4,7,10H,3,5-6,8-9,11-12H2,1H3/t18-/m0/s1. The first-order valence-corrected chi connectivity index (χ1v) is 9.63. The molecule has 2 aliphatic rings. The van der Waals surface area contributed by atoms with E-state index in [4.69, 9.17) is 0 Å². The van der Waals surface area contributed by atoms with Gasteiger partial charge in [0, 0.05) is 38.6 Å². The molecule has 2 fully saturated rings. The average molecular weight is 371 g/mol. The SMILES string of the molecule is Cc1snnc1C(=O)N1CCC[C@]2(CCN(Cc3cccnc3)C2=O)C1. The Morgan fingerprint density at radius 1 is 1.35 bits per heavy atom. The van der Waals surface area contributed by atoms with Gasteiger partial charge in [-0.05, 0) is 49.3 Å². The highest BCUT2D eigenvalue weighted by molar-refractivity contribution is 7.05. The lowest BCUT2D eigenvalue weighted by Crippen LogP contribution is -2.50. The summed E-state index contributed by atoms with van der Waals surface area (Å²) < 4.78 is 3.86. The predicted molar refractivity (Wildman–Crippen MR) is 96.5 cm³/mol. The van der Waals surface area contributed by atoms with E-state index in [2.05, 4.69) is 14.6 Å². The summed E-state index contributed by atoms with van der Waals surface area (Å²) in [7, 11) is 0. The summed E-state index contributed by atoms with van der Waals surface area (Å²) in [5, 5.41) is 3.97. The monoisotopic (exact) mass is 371 g/mol. The molecule has 0 saturated carbocycles. The normalized spacial score (nSPS) is 23.0. The van der Waals surface area contributed by atoms with Gasteiger partial charge in [0.1, 0.15) is 0 Å². The van der Waals surface area contributed by atoms with Crippen LogP contribution in [0.1, 0.15) is 40.2 Å². The molecular weight excluding hydrogens is 350 g/mol. The fourth-order valence-corrected chi connectivity index (χ4v) is 4.48. The Kier molecular flexibility index (Phi) is 4.44. The lowest BCUT2D eigenvalue weighted by atomic mass is 9.78. The topological polar surface area (TPSA) is 79.3 Å². The molecule has 2 aromatic rings. The molecular formula is C18H21N5O2S. The first kappa shape index (κ1) is 17.1. The first-order valence-electron chi connectivity index (χ1n) is 8.86. The van der Waals surface area contributed by atoms with Gasteiger partial charge in [-0.1, -0.05) is 10.6 Å². The third kappa shape index (κ3) is 2.98. The third-order valence-corrected chi connectivity index (χ3v) is 6.05. The smallest absolute Gasteiger partial charge is 0.275 e. The summed E-state index contributed by atoms with van der Waals surface area (Å²) in [4.78, 5) is 34.6. The molecule has 26 heavy (non-hydrogen) atoms. The molecule has 7 nitrogen and oxygen atoms in total. The van der Waals surface area contributed by atoms with Crippen molar-refractivity contribution in [3.05, 3.63) is 40.7 Å². The number of carbonyl (C=O) groups excluding carboxylic acids is 2. The molecule has 2 aromatic heterocycles. The van der Waals surface area contributed by atoms with Gasteiger partial charge in [0.25, 0.3) is 5.91 Å². The Morgan fingerprint density at radius 3 is 2.96 bits per heavy atom. The van der Waals surface area contributed by atoms with E-state index in [-0.39, 0.29) is 11.8 Å². The van der Waals surface area contributed by atoms with E-state index in [1.807, 2.05) is 24.0 Å². The minimum Gasteiger partial charge on any atom is -0.338 e. The molecule has 2 saturated heterocycles. The van der Waals surface area contributed by atoms with Crippen molar-refractivity contribution in [1.82, 2.24) is 24.4 Å². The number of piperidine rings is 1. The fraction of sp³-hybridized carbons (Fsp3) is 0.500. The number of nitrogens with zero attached hydrogens (tertiary/aromatic N) is 5. The highest BCUT2D eigenvalue weighted by Gasteiger charge is 2.49.